The number of hydrogen-bond donors (Lipinski definition) is 2. The second-order valence-corrected chi connectivity index (χ2v) is 9.79. The van der Waals surface area contributed by atoms with Crippen LogP contribution in [0.4, 0.5) is 5.69 Å². The fourth-order valence-electron chi connectivity index (χ4n) is 3.68. The molecule has 0 aliphatic carbocycles. The third kappa shape index (κ3) is 5.86. The number of amides is 1. The number of aromatic amines is 1. The quantitative estimate of drug-likeness (QED) is 0.227. The first-order valence-electron chi connectivity index (χ1n) is 11.5. The van der Waals surface area contributed by atoms with E-state index < -0.39 is 0 Å². The maximum Gasteiger partial charge on any atom is 0.237 e. The number of carbonyl (C=O) groups excluding carboxylic acids is 1. The summed E-state index contributed by atoms with van der Waals surface area (Å²) in [6.07, 6.45) is 0.631. The van der Waals surface area contributed by atoms with E-state index in [9.17, 15) is 4.79 Å². The number of nitrogens with one attached hydrogen (secondary N) is 2. The molecule has 1 unspecified atom stereocenters. The number of ether oxygens (including phenoxy) is 2. The second-order valence-electron chi connectivity index (χ2n) is 8.19. The van der Waals surface area contributed by atoms with E-state index in [1.54, 1.807) is 20.3 Å². The van der Waals surface area contributed by atoms with Gasteiger partial charge in [0.15, 0.2) is 5.16 Å². The van der Waals surface area contributed by atoms with Gasteiger partial charge >= 0.3 is 0 Å². The zero-order valence-electron chi connectivity index (χ0n) is 20.6. The summed E-state index contributed by atoms with van der Waals surface area (Å²) in [5, 5.41) is 3.91. The van der Waals surface area contributed by atoms with Gasteiger partial charge in [-0.2, -0.15) is 0 Å². The molecule has 0 spiro atoms. The predicted molar refractivity (Wildman–Crippen MR) is 147 cm³/mol. The highest BCUT2D eigenvalue weighted by Crippen LogP contribution is 2.36. The molecule has 0 saturated heterocycles. The third-order valence-corrected chi connectivity index (χ3v) is 7.44. The summed E-state index contributed by atoms with van der Waals surface area (Å²) in [6, 6.07) is 21.1. The Balaban J connectivity index is 1.63. The van der Waals surface area contributed by atoms with Crippen molar-refractivity contribution in [1.29, 1.82) is 0 Å². The number of carbonyl (C=O) groups is 1. The van der Waals surface area contributed by atoms with E-state index in [1.165, 1.54) is 11.8 Å². The van der Waals surface area contributed by atoms with Gasteiger partial charge in [0.05, 0.1) is 30.9 Å². The molecule has 0 bridgehead atoms. The molecule has 3 aromatic carbocycles. The first kappa shape index (κ1) is 25.7. The molecule has 186 valence electrons. The van der Waals surface area contributed by atoms with Crippen LogP contribution in [-0.4, -0.2) is 35.3 Å². The number of aromatic nitrogens is 2. The molecule has 4 rings (SSSR count). The summed E-state index contributed by atoms with van der Waals surface area (Å²) in [7, 11) is 3.28. The Bertz CT molecular complexity index is 1270. The minimum atomic E-state index is -0.344. The Kier molecular flexibility index (Phi) is 8.23. The van der Waals surface area contributed by atoms with E-state index in [4.69, 9.17) is 26.1 Å². The molecule has 0 fully saturated rings. The Morgan fingerprint density at radius 1 is 1.00 bits per heavy atom. The van der Waals surface area contributed by atoms with E-state index in [1.807, 2.05) is 74.5 Å². The van der Waals surface area contributed by atoms with Gasteiger partial charge in [-0.1, -0.05) is 36.4 Å². The molecule has 8 heteroatoms. The number of rotatable bonds is 9. The molecule has 2 N–H and O–H groups in total. The average molecular weight is 522 g/mol. The maximum absolute atomic E-state index is 13.1. The van der Waals surface area contributed by atoms with Crippen LogP contribution < -0.4 is 14.8 Å². The molecule has 0 aliphatic rings. The van der Waals surface area contributed by atoms with Crippen molar-refractivity contribution in [3.8, 4) is 34.0 Å². The van der Waals surface area contributed by atoms with Crippen molar-refractivity contribution in [2.45, 2.75) is 30.7 Å². The molecule has 0 saturated carbocycles. The SMILES string of the molecule is CCC(Sc1nc(-c2ccc(OC)cc2)c(-c2ccc(OC)cc2)[nH]1)C(=O)Nc1ccc(C)c(Cl)c1. The van der Waals surface area contributed by atoms with E-state index in [0.29, 0.717) is 22.3 Å². The maximum atomic E-state index is 13.1. The highest BCUT2D eigenvalue weighted by atomic mass is 35.5. The van der Waals surface area contributed by atoms with Crippen LogP contribution in [0.25, 0.3) is 22.5 Å². The Morgan fingerprint density at radius 2 is 1.61 bits per heavy atom. The summed E-state index contributed by atoms with van der Waals surface area (Å²) >= 11 is 7.63. The van der Waals surface area contributed by atoms with Gasteiger partial charge < -0.3 is 19.8 Å². The van der Waals surface area contributed by atoms with Gasteiger partial charge in [0.1, 0.15) is 11.5 Å². The van der Waals surface area contributed by atoms with Crippen LogP contribution in [0.3, 0.4) is 0 Å². The largest absolute Gasteiger partial charge is 0.497 e. The fraction of sp³-hybridized carbons (Fsp3) is 0.214. The smallest absolute Gasteiger partial charge is 0.237 e. The van der Waals surface area contributed by atoms with Crippen LogP contribution in [0.15, 0.2) is 71.9 Å². The lowest BCUT2D eigenvalue weighted by molar-refractivity contribution is -0.115. The molecule has 1 aromatic heterocycles. The molecule has 36 heavy (non-hydrogen) atoms. The minimum absolute atomic E-state index is 0.101. The van der Waals surface area contributed by atoms with E-state index in [-0.39, 0.29) is 11.2 Å². The first-order valence-corrected chi connectivity index (χ1v) is 12.8. The highest BCUT2D eigenvalue weighted by Gasteiger charge is 2.22. The summed E-state index contributed by atoms with van der Waals surface area (Å²) in [4.78, 5) is 21.4. The summed E-state index contributed by atoms with van der Waals surface area (Å²) in [6.45, 7) is 3.91. The number of thioether (sulfide) groups is 1. The summed E-state index contributed by atoms with van der Waals surface area (Å²) in [5.41, 5.74) is 5.21. The zero-order chi connectivity index (χ0) is 25.7. The van der Waals surface area contributed by atoms with Crippen LogP contribution in [0.1, 0.15) is 18.9 Å². The van der Waals surface area contributed by atoms with Crippen molar-refractivity contribution in [2.24, 2.45) is 0 Å². The minimum Gasteiger partial charge on any atom is -0.497 e. The number of halogens is 1. The van der Waals surface area contributed by atoms with Gasteiger partial charge in [-0.3, -0.25) is 4.79 Å². The Labute approximate surface area is 220 Å². The van der Waals surface area contributed by atoms with Crippen LogP contribution in [-0.2, 0) is 4.79 Å². The molecular weight excluding hydrogens is 494 g/mol. The van der Waals surface area contributed by atoms with E-state index in [2.05, 4.69) is 10.3 Å². The van der Waals surface area contributed by atoms with Crippen LogP contribution in [0.2, 0.25) is 5.02 Å². The van der Waals surface area contributed by atoms with Crippen LogP contribution in [0, 0.1) is 6.92 Å². The lowest BCUT2D eigenvalue weighted by Gasteiger charge is -2.14. The third-order valence-electron chi connectivity index (χ3n) is 5.78. The van der Waals surface area contributed by atoms with Crippen molar-refractivity contribution in [1.82, 2.24) is 9.97 Å². The Hall–Kier alpha value is -3.42. The molecule has 6 nitrogen and oxygen atoms in total. The topological polar surface area (TPSA) is 76.2 Å². The summed E-state index contributed by atoms with van der Waals surface area (Å²) < 4.78 is 10.6. The van der Waals surface area contributed by atoms with Gasteiger partial charge in [-0.15, -0.1) is 0 Å². The van der Waals surface area contributed by atoms with Gasteiger partial charge in [0.2, 0.25) is 5.91 Å². The summed E-state index contributed by atoms with van der Waals surface area (Å²) in [5.74, 6) is 1.45. The van der Waals surface area contributed by atoms with Gasteiger partial charge in [0, 0.05) is 21.8 Å². The number of nitrogens with zero attached hydrogens (tertiary/aromatic N) is 1. The van der Waals surface area contributed by atoms with Gasteiger partial charge in [0.25, 0.3) is 0 Å². The van der Waals surface area contributed by atoms with E-state index in [0.717, 1.165) is 39.6 Å². The highest BCUT2D eigenvalue weighted by molar-refractivity contribution is 8.00. The van der Waals surface area contributed by atoms with Crippen molar-refractivity contribution < 1.29 is 14.3 Å². The molecule has 1 amide bonds. The van der Waals surface area contributed by atoms with Crippen molar-refractivity contribution >= 4 is 35.0 Å². The first-order chi connectivity index (χ1) is 17.4. The number of hydrogen-bond acceptors (Lipinski definition) is 5. The molecule has 4 aromatic rings. The van der Waals surface area contributed by atoms with Crippen molar-refractivity contribution in [2.75, 3.05) is 19.5 Å². The molecule has 1 heterocycles. The van der Waals surface area contributed by atoms with Crippen LogP contribution in [0.5, 0.6) is 11.5 Å². The second kappa shape index (κ2) is 11.5. The molecule has 1 atom stereocenters. The average Bonchev–Trinajstić information content (AvgIpc) is 3.33. The fourth-order valence-corrected chi connectivity index (χ4v) is 4.77. The van der Waals surface area contributed by atoms with Crippen molar-refractivity contribution in [3.63, 3.8) is 0 Å². The monoisotopic (exact) mass is 521 g/mol. The standard InChI is InChI=1S/C28H28ClN3O3S/c1-5-24(27(33)30-20-11-6-17(2)23(29)16-20)36-28-31-25(18-7-12-21(34-3)13-8-18)26(32-28)19-9-14-22(35-4)15-10-19/h6-16,24H,5H2,1-4H3,(H,30,33)(H,31,32). The Morgan fingerprint density at radius 3 is 2.17 bits per heavy atom. The van der Waals surface area contributed by atoms with Gasteiger partial charge in [-0.05, 0) is 79.6 Å². The number of methoxy groups -OCH3 is 2. The number of benzene rings is 3. The normalized spacial score (nSPS) is 11.7. The van der Waals surface area contributed by atoms with Crippen LogP contribution >= 0.6 is 23.4 Å². The number of imidazole rings is 1. The number of aryl methyl sites for hydroxylation is 1. The number of H-pyrrole nitrogens is 1. The lowest BCUT2D eigenvalue weighted by Crippen LogP contribution is -2.24. The predicted octanol–water partition coefficient (Wildman–Crippen LogP) is 7.23. The molecule has 0 radical (unpaired) electrons. The number of anilines is 1. The zero-order valence-corrected chi connectivity index (χ0v) is 22.2. The molecular formula is C28H28ClN3O3S. The van der Waals surface area contributed by atoms with E-state index >= 15 is 0 Å². The van der Waals surface area contributed by atoms with Crippen molar-refractivity contribution in [3.05, 3.63) is 77.3 Å². The molecule has 0 aliphatic heterocycles. The van der Waals surface area contributed by atoms with Gasteiger partial charge in [-0.25, -0.2) is 4.98 Å². The lowest BCUT2D eigenvalue weighted by atomic mass is 10.0.